The zero-order valence-corrected chi connectivity index (χ0v) is 20.0. The van der Waals surface area contributed by atoms with Crippen LogP contribution in [-0.2, 0) is 11.2 Å². The van der Waals surface area contributed by atoms with Crippen LogP contribution in [0.5, 0.6) is 17.2 Å². The minimum Gasteiger partial charge on any atom is -0.497 e. The van der Waals surface area contributed by atoms with Crippen molar-refractivity contribution in [2.24, 2.45) is 0 Å². The van der Waals surface area contributed by atoms with Gasteiger partial charge >= 0.3 is 0 Å². The molecule has 2 aromatic heterocycles. The van der Waals surface area contributed by atoms with Crippen molar-refractivity contribution in [1.29, 1.82) is 0 Å². The topological polar surface area (TPSA) is 99.9 Å². The maximum Gasteiger partial charge on any atom is 0.230 e. The van der Waals surface area contributed by atoms with Gasteiger partial charge < -0.3 is 19.5 Å². The molecule has 1 amide bonds. The number of rotatable bonds is 10. The quantitative estimate of drug-likeness (QED) is 0.346. The van der Waals surface area contributed by atoms with E-state index in [1.165, 1.54) is 11.8 Å². The number of ether oxygens (including phenoxy) is 3. The standard InChI is InChI=1S/C24H25N5O4S/c1-31-18-7-4-16(5-8-18)12-13-25-23(30)15-34-24-27-26-22-11-9-19(28-29(22)24)17-6-10-20(32-2)21(14-17)33-3/h4-11,14H,12-13,15H2,1-3H3,(H,25,30). The molecule has 4 rings (SSSR count). The maximum absolute atomic E-state index is 12.3. The monoisotopic (exact) mass is 479 g/mol. The molecule has 0 bridgehead atoms. The predicted octanol–water partition coefficient (Wildman–Crippen LogP) is 3.27. The van der Waals surface area contributed by atoms with E-state index in [2.05, 4.69) is 20.6 Å². The molecule has 0 saturated heterocycles. The molecular weight excluding hydrogens is 454 g/mol. The van der Waals surface area contributed by atoms with Crippen molar-refractivity contribution in [3.63, 3.8) is 0 Å². The molecule has 0 spiro atoms. The van der Waals surface area contributed by atoms with Gasteiger partial charge in [-0.15, -0.1) is 10.2 Å². The van der Waals surface area contributed by atoms with Crippen LogP contribution in [0.25, 0.3) is 16.9 Å². The van der Waals surface area contributed by atoms with Crippen molar-refractivity contribution < 1.29 is 19.0 Å². The highest BCUT2D eigenvalue weighted by Gasteiger charge is 2.13. The number of hydrogen-bond donors (Lipinski definition) is 1. The Morgan fingerprint density at radius 1 is 0.941 bits per heavy atom. The Morgan fingerprint density at radius 3 is 2.47 bits per heavy atom. The van der Waals surface area contributed by atoms with Gasteiger partial charge in [0.1, 0.15) is 5.75 Å². The van der Waals surface area contributed by atoms with Gasteiger partial charge in [0.15, 0.2) is 17.1 Å². The Bertz CT molecular complexity index is 1280. The van der Waals surface area contributed by atoms with Crippen molar-refractivity contribution in [2.75, 3.05) is 33.6 Å². The normalized spacial score (nSPS) is 10.8. The number of carbonyl (C=O) groups excluding carboxylic acids is 1. The molecule has 0 atom stereocenters. The van der Waals surface area contributed by atoms with Gasteiger partial charge in [0.05, 0.1) is 32.8 Å². The summed E-state index contributed by atoms with van der Waals surface area (Å²) < 4.78 is 17.5. The number of hydrogen-bond acceptors (Lipinski definition) is 8. The summed E-state index contributed by atoms with van der Waals surface area (Å²) in [7, 11) is 4.82. The third kappa shape index (κ3) is 5.40. The second-order valence-corrected chi connectivity index (χ2v) is 8.22. The molecule has 4 aromatic rings. The summed E-state index contributed by atoms with van der Waals surface area (Å²) in [5.74, 6) is 2.21. The number of amides is 1. The van der Waals surface area contributed by atoms with Crippen LogP contribution >= 0.6 is 11.8 Å². The summed E-state index contributed by atoms with van der Waals surface area (Å²) in [5, 5.41) is 16.5. The van der Waals surface area contributed by atoms with E-state index in [4.69, 9.17) is 14.2 Å². The Kier molecular flexibility index (Phi) is 7.48. The van der Waals surface area contributed by atoms with E-state index >= 15 is 0 Å². The van der Waals surface area contributed by atoms with Gasteiger partial charge in [-0.1, -0.05) is 23.9 Å². The van der Waals surface area contributed by atoms with E-state index in [9.17, 15) is 4.79 Å². The molecule has 0 fully saturated rings. The number of benzene rings is 2. The van der Waals surface area contributed by atoms with Crippen LogP contribution in [0, 0.1) is 0 Å². The van der Waals surface area contributed by atoms with Gasteiger partial charge in [0.2, 0.25) is 11.1 Å². The molecule has 0 radical (unpaired) electrons. The number of nitrogens with one attached hydrogen (secondary N) is 1. The number of fused-ring (bicyclic) bond motifs is 1. The van der Waals surface area contributed by atoms with Crippen molar-refractivity contribution in [2.45, 2.75) is 11.6 Å². The van der Waals surface area contributed by atoms with Crippen molar-refractivity contribution in [3.05, 3.63) is 60.2 Å². The van der Waals surface area contributed by atoms with Gasteiger partial charge in [-0.05, 0) is 54.4 Å². The lowest BCUT2D eigenvalue weighted by molar-refractivity contribution is -0.118. The van der Waals surface area contributed by atoms with Crippen LogP contribution in [0.15, 0.2) is 59.8 Å². The van der Waals surface area contributed by atoms with Crippen LogP contribution in [0.2, 0.25) is 0 Å². The predicted molar refractivity (Wildman–Crippen MR) is 130 cm³/mol. The third-order valence-corrected chi connectivity index (χ3v) is 6.06. The largest absolute Gasteiger partial charge is 0.497 e. The number of nitrogens with zero attached hydrogens (tertiary/aromatic N) is 4. The van der Waals surface area contributed by atoms with E-state index in [0.29, 0.717) is 28.8 Å². The molecule has 0 aliphatic carbocycles. The molecule has 0 aliphatic rings. The fraction of sp³-hybridized carbons (Fsp3) is 0.250. The first-order chi connectivity index (χ1) is 16.6. The van der Waals surface area contributed by atoms with Crippen molar-refractivity contribution in [1.82, 2.24) is 25.1 Å². The molecule has 34 heavy (non-hydrogen) atoms. The summed E-state index contributed by atoms with van der Waals surface area (Å²) in [6.45, 7) is 0.550. The Balaban J connectivity index is 1.38. The average Bonchev–Trinajstić information content (AvgIpc) is 3.29. The van der Waals surface area contributed by atoms with Gasteiger partial charge in [0.25, 0.3) is 0 Å². The van der Waals surface area contributed by atoms with E-state index in [1.54, 1.807) is 25.8 Å². The van der Waals surface area contributed by atoms with E-state index in [0.717, 1.165) is 29.0 Å². The van der Waals surface area contributed by atoms with E-state index in [-0.39, 0.29) is 11.7 Å². The van der Waals surface area contributed by atoms with Crippen molar-refractivity contribution >= 4 is 23.3 Å². The van der Waals surface area contributed by atoms with Gasteiger partial charge in [-0.2, -0.15) is 9.61 Å². The summed E-state index contributed by atoms with van der Waals surface area (Å²) in [5.41, 5.74) is 3.32. The van der Waals surface area contributed by atoms with Crippen LogP contribution in [0.1, 0.15) is 5.56 Å². The summed E-state index contributed by atoms with van der Waals surface area (Å²) in [4.78, 5) is 12.3. The smallest absolute Gasteiger partial charge is 0.230 e. The van der Waals surface area contributed by atoms with Crippen LogP contribution in [-0.4, -0.2) is 59.3 Å². The summed E-state index contributed by atoms with van der Waals surface area (Å²) >= 11 is 1.29. The first kappa shape index (κ1) is 23.4. The highest BCUT2D eigenvalue weighted by atomic mass is 32.2. The highest BCUT2D eigenvalue weighted by molar-refractivity contribution is 7.99. The Hall–Kier alpha value is -3.79. The van der Waals surface area contributed by atoms with Crippen LogP contribution in [0.3, 0.4) is 0 Å². The zero-order chi connectivity index (χ0) is 23.9. The van der Waals surface area contributed by atoms with E-state index in [1.807, 2.05) is 54.6 Å². The van der Waals surface area contributed by atoms with Gasteiger partial charge in [-0.3, -0.25) is 4.79 Å². The second kappa shape index (κ2) is 10.9. The fourth-order valence-corrected chi connectivity index (χ4v) is 4.05. The van der Waals surface area contributed by atoms with Gasteiger partial charge in [0, 0.05) is 12.1 Å². The second-order valence-electron chi connectivity index (χ2n) is 7.28. The molecule has 1 N–H and O–H groups in total. The fourth-order valence-electron chi connectivity index (χ4n) is 3.33. The summed E-state index contributed by atoms with van der Waals surface area (Å²) in [6.07, 6.45) is 0.741. The van der Waals surface area contributed by atoms with Crippen molar-refractivity contribution in [3.8, 4) is 28.5 Å². The molecule has 0 aliphatic heterocycles. The molecule has 2 heterocycles. The van der Waals surface area contributed by atoms with Gasteiger partial charge in [-0.25, -0.2) is 0 Å². The molecule has 2 aromatic carbocycles. The molecule has 176 valence electrons. The maximum atomic E-state index is 12.3. The molecule has 10 heteroatoms. The van der Waals surface area contributed by atoms with Crippen LogP contribution < -0.4 is 19.5 Å². The number of aromatic nitrogens is 4. The average molecular weight is 480 g/mol. The lowest BCUT2D eigenvalue weighted by Crippen LogP contribution is -2.27. The van der Waals surface area contributed by atoms with E-state index < -0.39 is 0 Å². The lowest BCUT2D eigenvalue weighted by Gasteiger charge is -2.09. The van der Waals surface area contributed by atoms with Crippen LogP contribution in [0.4, 0.5) is 0 Å². The minimum absolute atomic E-state index is 0.0775. The first-order valence-electron chi connectivity index (χ1n) is 10.6. The summed E-state index contributed by atoms with van der Waals surface area (Å²) in [6, 6.07) is 17.1. The lowest BCUT2D eigenvalue weighted by atomic mass is 10.1. The molecular formula is C24H25N5O4S. The Morgan fingerprint density at radius 2 is 1.74 bits per heavy atom. The molecule has 9 nitrogen and oxygen atoms in total. The minimum atomic E-state index is -0.0775. The number of methoxy groups -OCH3 is 3. The highest BCUT2D eigenvalue weighted by Crippen LogP contribution is 2.31. The SMILES string of the molecule is COc1ccc(CCNC(=O)CSc2nnc3ccc(-c4ccc(OC)c(OC)c4)nn23)cc1. The molecule has 0 unspecified atom stereocenters. The Labute approximate surface area is 201 Å². The first-order valence-corrected chi connectivity index (χ1v) is 11.6. The molecule has 0 saturated carbocycles. The number of thioether (sulfide) groups is 1. The third-order valence-electron chi connectivity index (χ3n) is 5.14. The number of carbonyl (C=O) groups is 1. The zero-order valence-electron chi connectivity index (χ0n) is 19.1.